The molecular weight excluding hydrogens is 230 g/mol. The molecule has 1 unspecified atom stereocenters. The number of hydrazone groups is 1. The van der Waals surface area contributed by atoms with Gasteiger partial charge in [0.2, 0.25) is 0 Å². The first kappa shape index (κ1) is 12.9. The van der Waals surface area contributed by atoms with E-state index in [1.54, 1.807) is 0 Å². The van der Waals surface area contributed by atoms with Crippen molar-refractivity contribution in [2.75, 3.05) is 39.3 Å². The highest BCUT2D eigenvalue weighted by Gasteiger charge is 2.18. The molecule has 0 aromatic rings. The maximum atomic E-state index is 10.6. The molecule has 2 heterocycles. The predicted molar refractivity (Wildman–Crippen MR) is 72.0 cm³/mol. The zero-order chi connectivity index (χ0) is 12.8. The molecule has 1 atom stereocenters. The van der Waals surface area contributed by atoms with Gasteiger partial charge in [-0.2, -0.15) is 5.84 Å². The summed E-state index contributed by atoms with van der Waals surface area (Å²) < 4.78 is 0. The summed E-state index contributed by atoms with van der Waals surface area (Å²) in [7, 11) is 0. The van der Waals surface area contributed by atoms with Crippen LogP contribution in [0.2, 0.25) is 0 Å². The average molecular weight is 251 g/mol. The summed E-state index contributed by atoms with van der Waals surface area (Å²) in [5, 5.41) is 13.9. The van der Waals surface area contributed by atoms with E-state index in [9.17, 15) is 5.21 Å². The number of nitrogens with one attached hydrogen (secondary N) is 1. The van der Waals surface area contributed by atoms with Crippen molar-refractivity contribution in [1.29, 1.82) is 0 Å². The van der Waals surface area contributed by atoms with Crippen LogP contribution < -0.4 is 11.2 Å². The van der Waals surface area contributed by atoms with Crippen LogP contribution in [0.15, 0.2) is 24.4 Å². The van der Waals surface area contributed by atoms with Gasteiger partial charge >= 0.3 is 0 Å². The van der Waals surface area contributed by atoms with Gasteiger partial charge in [-0.15, -0.1) is 0 Å². The van der Waals surface area contributed by atoms with Crippen molar-refractivity contribution >= 4 is 6.21 Å². The Labute approximate surface area is 108 Å². The van der Waals surface area contributed by atoms with Gasteiger partial charge in [0.1, 0.15) is 0 Å². The van der Waals surface area contributed by atoms with Crippen LogP contribution in [0.4, 0.5) is 0 Å². The van der Waals surface area contributed by atoms with Crippen molar-refractivity contribution in [3.05, 3.63) is 29.6 Å². The van der Waals surface area contributed by atoms with Gasteiger partial charge in [0.05, 0.1) is 12.6 Å². The van der Waals surface area contributed by atoms with E-state index in [1.807, 2.05) is 12.3 Å². The lowest BCUT2D eigenvalue weighted by Gasteiger charge is -2.35. The SMILES string of the molecule is N/[N+]([O-])=C\CN1CCN(CC2C=CC=CN2)CC1. The van der Waals surface area contributed by atoms with Crippen molar-refractivity contribution in [2.24, 2.45) is 5.84 Å². The van der Waals surface area contributed by atoms with Crippen LogP contribution in [0.1, 0.15) is 0 Å². The fourth-order valence-corrected chi connectivity index (χ4v) is 2.23. The van der Waals surface area contributed by atoms with Gasteiger partial charge in [-0.1, -0.05) is 17.0 Å². The van der Waals surface area contributed by atoms with Crippen LogP contribution in [0.3, 0.4) is 0 Å². The molecule has 0 aromatic carbocycles. The van der Waals surface area contributed by atoms with E-state index in [4.69, 9.17) is 5.84 Å². The minimum absolute atomic E-state index is 0.384. The minimum atomic E-state index is 0.384. The molecule has 1 fully saturated rings. The van der Waals surface area contributed by atoms with E-state index in [1.165, 1.54) is 6.21 Å². The molecule has 100 valence electrons. The third-order valence-corrected chi connectivity index (χ3v) is 3.30. The number of rotatable bonds is 4. The van der Waals surface area contributed by atoms with Crippen LogP contribution in [-0.2, 0) is 0 Å². The molecule has 1 saturated heterocycles. The quantitative estimate of drug-likeness (QED) is 0.223. The summed E-state index contributed by atoms with van der Waals surface area (Å²) >= 11 is 0. The number of hydrogen-bond donors (Lipinski definition) is 2. The van der Waals surface area contributed by atoms with Crippen molar-refractivity contribution < 1.29 is 4.85 Å². The molecule has 0 radical (unpaired) electrons. The highest BCUT2D eigenvalue weighted by atomic mass is 16.5. The van der Waals surface area contributed by atoms with Crippen LogP contribution in [0, 0.1) is 5.21 Å². The van der Waals surface area contributed by atoms with Crippen LogP contribution >= 0.6 is 0 Å². The Balaban J connectivity index is 1.68. The molecule has 2 aliphatic heterocycles. The fourth-order valence-electron chi connectivity index (χ4n) is 2.23. The molecule has 0 spiro atoms. The zero-order valence-electron chi connectivity index (χ0n) is 10.5. The summed E-state index contributed by atoms with van der Waals surface area (Å²) in [6.45, 7) is 5.70. The van der Waals surface area contributed by atoms with E-state index < -0.39 is 0 Å². The molecule has 2 rings (SSSR count). The number of piperazine rings is 1. The highest BCUT2D eigenvalue weighted by molar-refractivity contribution is 5.53. The lowest BCUT2D eigenvalue weighted by atomic mass is 10.2. The van der Waals surface area contributed by atoms with Gasteiger partial charge in [-0.05, 0) is 12.3 Å². The first-order valence-corrected chi connectivity index (χ1v) is 6.32. The Bertz CT molecular complexity index is 340. The van der Waals surface area contributed by atoms with Crippen molar-refractivity contribution in [2.45, 2.75) is 6.04 Å². The summed E-state index contributed by atoms with van der Waals surface area (Å²) in [5.41, 5.74) is 0. The second-order valence-corrected chi connectivity index (χ2v) is 4.66. The van der Waals surface area contributed by atoms with Crippen LogP contribution in [0.5, 0.6) is 0 Å². The molecule has 6 nitrogen and oxygen atoms in total. The standard InChI is InChI=1S/C12H21N5O/c13-17(18)10-9-15-5-7-16(8-6-15)11-12-3-1-2-4-14-12/h1-4,10,12,14H,5-9,11,13H2/b17-10+. The Morgan fingerprint density at radius 3 is 2.61 bits per heavy atom. The van der Waals surface area contributed by atoms with Gasteiger partial charge in [0.15, 0.2) is 6.21 Å². The zero-order valence-corrected chi connectivity index (χ0v) is 10.5. The van der Waals surface area contributed by atoms with Gasteiger partial charge < -0.3 is 10.5 Å². The molecule has 18 heavy (non-hydrogen) atoms. The Hall–Kier alpha value is -1.53. The van der Waals surface area contributed by atoms with Crippen molar-refractivity contribution in [1.82, 2.24) is 15.1 Å². The van der Waals surface area contributed by atoms with Gasteiger partial charge in [-0.3, -0.25) is 9.80 Å². The summed E-state index contributed by atoms with van der Waals surface area (Å²) in [6.07, 6.45) is 9.72. The Morgan fingerprint density at radius 2 is 2.00 bits per heavy atom. The summed E-state index contributed by atoms with van der Waals surface area (Å²) in [4.78, 5) is 5.06. The third kappa shape index (κ3) is 4.05. The largest absolute Gasteiger partial charge is 0.597 e. The van der Waals surface area contributed by atoms with Crippen molar-refractivity contribution in [3.8, 4) is 0 Å². The number of nitrogens with zero attached hydrogens (tertiary/aromatic N) is 3. The monoisotopic (exact) mass is 251 g/mol. The van der Waals surface area contributed by atoms with E-state index >= 15 is 0 Å². The van der Waals surface area contributed by atoms with E-state index in [-0.39, 0.29) is 0 Å². The van der Waals surface area contributed by atoms with E-state index in [0.717, 1.165) is 32.7 Å². The number of allylic oxidation sites excluding steroid dienone is 2. The molecule has 0 saturated carbocycles. The summed E-state index contributed by atoms with van der Waals surface area (Å²) in [5.74, 6) is 5.02. The van der Waals surface area contributed by atoms with Crippen LogP contribution in [-0.4, -0.2) is 66.2 Å². The molecule has 0 bridgehead atoms. The molecular formula is C12H21N5O. The van der Waals surface area contributed by atoms with E-state index in [2.05, 4.69) is 27.3 Å². The van der Waals surface area contributed by atoms with Gasteiger partial charge in [-0.25, -0.2) is 0 Å². The molecule has 0 aliphatic carbocycles. The third-order valence-electron chi connectivity index (χ3n) is 3.30. The number of hydrazine groups is 1. The number of hydrogen-bond acceptors (Lipinski definition) is 5. The van der Waals surface area contributed by atoms with Gasteiger partial charge in [0.25, 0.3) is 0 Å². The lowest BCUT2D eigenvalue weighted by molar-refractivity contribution is -0.465. The lowest BCUT2D eigenvalue weighted by Crippen LogP contribution is -2.50. The summed E-state index contributed by atoms with van der Waals surface area (Å²) in [6, 6.07) is 0.411. The maximum Gasteiger partial charge on any atom is 0.197 e. The topological polar surface area (TPSA) is 70.6 Å². The Kier molecular flexibility index (Phi) is 4.60. The van der Waals surface area contributed by atoms with E-state index in [0.29, 0.717) is 17.4 Å². The van der Waals surface area contributed by atoms with Crippen LogP contribution in [0.25, 0.3) is 0 Å². The Morgan fingerprint density at radius 1 is 1.28 bits per heavy atom. The molecule has 0 amide bonds. The molecule has 6 heteroatoms. The van der Waals surface area contributed by atoms with Gasteiger partial charge in [0, 0.05) is 32.7 Å². The minimum Gasteiger partial charge on any atom is -0.597 e. The second kappa shape index (κ2) is 6.42. The smallest absolute Gasteiger partial charge is 0.197 e. The number of nitrogens with two attached hydrogens (primary N) is 1. The first-order chi connectivity index (χ1) is 8.74. The maximum absolute atomic E-state index is 10.6. The first-order valence-electron chi connectivity index (χ1n) is 6.32. The highest BCUT2D eigenvalue weighted by Crippen LogP contribution is 2.04. The fraction of sp³-hybridized carbons (Fsp3) is 0.583. The molecule has 2 aliphatic rings. The molecule has 3 N–H and O–H groups in total. The second-order valence-electron chi connectivity index (χ2n) is 4.66. The normalized spacial score (nSPS) is 26.2. The molecule has 0 aromatic heterocycles. The van der Waals surface area contributed by atoms with Crippen molar-refractivity contribution in [3.63, 3.8) is 0 Å². The average Bonchev–Trinajstić information content (AvgIpc) is 2.39. The number of dihydropyridines is 1. The predicted octanol–water partition coefficient (Wildman–Crippen LogP) is -0.899.